The Morgan fingerprint density at radius 1 is 1.29 bits per heavy atom. The van der Waals surface area contributed by atoms with Crippen LogP contribution >= 0.6 is 27.7 Å². The van der Waals surface area contributed by atoms with Gasteiger partial charge in [0, 0.05) is 34.6 Å². The van der Waals surface area contributed by atoms with E-state index in [2.05, 4.69) is 34.7 Å². The van der Waals surface area contributed by atoms with Gasteiger partial charge < -0.3 is 4.90 Å². The average molecular weight is 382 g/mol. The van der Waals surface area contributed by atoms with Crippen LogP contribution in [0.3, 0.4) is 0 Å². The summed E-state index contributed by atoms with van der Waals surface area (Å²) in [5.41, 5.74) is 0.425. The number of alkyl halides is 4. The second-order valence-electron chi connectivity index (χ2n) is 5.82. The number of hydrogen-bond donors (Lipinski definition) is 0. The van der Waals surface area contributed by atoms with Crippen molar-refractivity contribution in [2.24, 2.45) is 0 Å². The maximum Gasteiger partial charge on any atom is 0.416 e. The van der Waals surface area contributed by atoms with E-state index in [1.54, 1.807) is 12.1 Å². The minimum atomic E-state index is -4.31. The summed E-state index contributed by atoms with van der Waals surface area (Å²) in [4.78, 5) is 2.06. The molecule has 0 atom stereocenters. The molecule has 1 aromatic carbocycles. The fourth-order valence-corrected chi connectivity index (χ4v) is 4.01. The molecule has 1 heterocycles. The molecule has 1 fully saturated rings. The summed E-state index contributed by atoms with van der Waals surface area (Å²) in [6.45, 7) is 5.97. The Morgan fingerprint density at radius 2 is 2.00 bits per heavy atom. The molecule has 21 heavy (non-hydrogen) atoms. The second-order valence-corrected chi connectivity index (χ2v) is 8.18. The monoisotopic (exact) mass is 381 g/mol. The third-order valence-corrected chi connectivity index (χ3v) is 5.72. The van der Waals surface area contributed by atoms with E-state index in [4.69, 9.17) is 0 Å². The Labute approximate surface area is 136 Å². The molecule has 0 saturated carbocycles. The summed E-state index contributed by atoms with van der Waals surface area (Å²) >= 11 is 5.02. The third-order valence-electron chi connectivity index (χ3n) is 3.75. The molecule has 0 radical (unpaired) electrons. The quantitative estimate of drug-likeness (QED) is 0.637. The Bertz CT molecular complexity index is 502. The van der Waals surface area contributed by atoms with E-state index < -0.39 is 11.7 Å². The van der Waals surface area contributed by atoms with Gasteiger partial charge in [0.05, 0.1) is 5.56 Å². The van der Waals surface area contributed by atoms with Gasteiger partial charge in [-0.15, -0.1) is 0 Å². The van der Waals surface area contributed by atoms with E-state index in [0.717, 1.165) is 25.3 Å². The molecule has 118 valence electrons. The van der Waals surface area contributed by atoms with Gasteiger partial charge >= 0.3 is 6.18 Å². The highest BCUT2D eigenvalue weighted by atomic mass is 79.9. The minimum Gasteiger partial charge on any atom is -0.371 e. The minimum absolute atomic E-state index is 0.192. The van der Waals surface area contributed by atoms with Crippen LogP contribution in [0.25, 0.3) is 0 Å². The van der Waals surface area contributed by atoms with Gasteiger partial charge in [-0.2, -0.15) is 24.9 Å². The van der Waals surface area contributed by atoms with Gasteiger partial charge in [-0.05, 0) is 24.1 Å². The summed E-state index contributed by atoms with van der Waals surface area (Å²) < 4.78 is 39.6. The number of thioether (sulfide) groups is 1. The Kier molecular flexibility index (Phi) is 5.19. The van der Waals surface area contributed by atoms with Crippen molar-refractivity contribution in [3.63, 3.8) is 0 Å². The van der Waals surface area contributed by atoms with Crippen molar-refractivity contribution in [1.29, 1.82) is 0 Å². The molecule has 1 nitrogen and oxygen atoms in total. The fraction of sp³-hybridized carbons (Fsp3) is 0.600. The zero-order chi connectivity index (χ0) is 15.7. The summed E-state index contributed by atoms with van der Waals surface area (Å²) in [5.74, 6) is 0.939. The number of nitrogens with zero attached hydrogens (tertiary/aromatic N) is 1. The lowest BCUT2D eigenvalue weighted by Crippen LogP contribution is -2.27. The molecule has 0 unspecified atom stereocenters. The molecule has 0 spiro atoms. The van der Waals surface area contributed by atoms with Gasteiger partial charge in [-0.1, -0.05) is 35.8 Å². The van der Waals surface area contributed by atoms with E-state index in [0.29, 0.717) is 5.69 Å². The molecule has 1 saturated heterocycles. The van der Waals surface area contributed by atoms with E-state index in [1.807, 2.05) is 11.8 Å². The standard InChI is InChI=1S/C15H19BrF3NS/c1-14(2)5-6-20(7-8-21-14)12-4-3-11(10-16)13(9-12)15(17,18)19/h3-4,9H,5-8,10H2,1-2H3. The van der Waals surface area contributed by atoms with Crippen LogP contribution < -0.4 is 4.90 Å². The van der Waals surface area contributed by atoms with Crippen molar-refractivity contribution < 1.29 is 13.2 Å². The summed E-state index contributed by atoms with van der Waals surface area (Å²) in [6, 6.07) is 4.67. The Morgan fingerprint density at radius 3 is 2.62 bits per heavy atom. The van der Waals surface area contributed by atoms with Crippen LogP contribution in [0.2, 0.25) is 0 Å². The zero-order valence-corrected chi connectivity index (χ0v) is 14.5. The van der Waals surface area contributed by atoms with E-state index in [9.17, 15) is 13.2 Å². The summed E-state index contributed by atoms with van der Waals surface area (Å²) in [7, 11) is 0. The summed E-state index contributed by atoms with van der Waals surface area (Å²) in [6.07, 6.45) is -3.34. The number of hydrogen-bond acceptors (Lipinski definition) is 2. The van der Waals surface area contributed by atoms with Crippen molar-refractivity contribution in [2.75, 3.05) is 23.7 Å². The third kappa shape index (κ3) is 4.31. The first kappa shape index (κ1) is 17.0. The van der Waals surface area contributed by atoms with Crippen LogP contribution in [0, 0.1) is 0 Å². The largest absolute Gasteiger partial charge is 0.416 e. The maximum absolute atomic E-state index is 13.1. The van der Waals surface area contributed by atoms with Gasteiger partial charge in [0.25, 0.3) is 0 Å². The first-order chi connectivity index (χ1) is 9.73. The van der Waals surface area contributed by atoms with Gasteiger partial charge in [0.2, 0.25) is 0 Å². The van der Waals surface area contributed by atoms with Crippen molar-refractivity contribution in [3.8, 4) is 0 Å². The van der Waals surface area contributed by atoms with Crippen LogP contribution in [-0.2, 0) is 11.5 Å². The highest BCUT2D eigenvalue weighted by Crippen LogP contribution is 2.37. The van der Waals surface area contributed by atoms with Gasteiger partial charge in [-0.3, -0.25) is 0 Å². The number of halogens is 4. The van der Waals surface area contributed by atoms with Gasteiger partial charge in [-0.25, -0.2) is 0 Å². The number of rotatable bonds is 2. The normalized spacial score (nSPS) is 19.4. The molecular formula is C15H19BrF3NS. The van der Waals surface area contributed by atoms with Crippen LogP contribution in [0.5, 0.6) is 0 Å². The first-order valence-corrected chi connectivity index (χ1v) is 8.99. The molecule has 2 rings (SSSR count). The fourth-order valence-electron chi connectivity index (χ4n) is 2.42. The molecule has 1 aliphatic heterocycles. The van der Waals surface area contributed by atoms with Crippen LogP contribution in [0.1, 0.15) is 31.4 Å². The predicted octanol–water partition coefficient (Wildman–Crippen LogP) is 5.32. The van der Waals surface area contributed by atoms with Crippen LogP contribution in [-0.4, -0.2) is 23.6 Å². The molecule has 1 aromatic rings. The topological polar surface area (TPSA) is 3.24 Å². The summed E-state index contributed by atoms with van der Waals surface area (Å²) in [5, 5.41) is 0.213. The lowest BCUT2D eigenvalue weighted by atomic mass is 10.1. The average Bonchev–Trinajstić information content (AvgIpc) is 2.58. The molecule has 0 aliphatic carbocycles. The predicted molar refractivity (Wildman–Crippen MR) is 87.4 cm³/mol. The second kappa shape index (κ2) is 6.41. The molecule has 0 bridgehead atoms. The van der Waals surface area contributed by atoms with Crippen LogP contribution in [0.4, 0.5) is 18.9 Å². The zero-order valence-electron chi connectivity index (χ0n) is 12.1. The first-order valence-electron chi connectivity index (χ1n) is 6.88. The number of anilines is 1. The van der Waals surface area contributed by atoms with Crippen molar-refractivity contribution in [1.82, 2.24) is 0 Å². The van der Waals surface area contributed by atoms with Gasteiger partial charge in [0.1, 0.15) is 0 Å². The smallest absolute Gasteiger partial charge is 0.371 e. The maximum atomic E-state index is 13.1. The van der Waals surface area contributed by atoms with Crippen molar-refractivity contribution >= 4 is 33.4 Å². The molecular weight excluding hydrogens is 363 g/mol. The molecule has 6 heteroatoms. The Balaban J connectivity index is 2.28. The van der Waals surface area contributed by atoms with E-state index in [-0.39, 0.29) is 15.6 Å². The van der Waals surface area contributed by atoms with Crippen molar-refractivity contribution in [3.05, 3.63) is 29.3 Å². The van der Waals surface area contributed by atoms with Crippen LogP contribution in [0.15, 0.2) is 18.2 Å². The highest BCUT2D eigenvalue weighted by molar-refractivity contribution is 9.08. The number of benzene rings is 1. The molecule has 0 N–H and O–H groups in total. The van der Waals surface area contributed by atoms with E-state index >= 15 is 0 Å². The SMILES string of the molecule is CC1(C)CCN(c2ccc(CBr)c(C(F)(F)F)c2)CCS1. The lowest BCUT2D eigenvalue weighted by molar-refractivity contribution is -0.138. The molecule has 0 amide bonds. The van der Waals surface area contributed by atoms with Crippen molar-refractivity contribution in [2.45, 2.75) is 36.5 Å². The molecule has 0 aromatic heterocycles. The molecule has 1 aliphatic rings. The van der Waals surface area contributed by atoms with E-state index in [1.165, 1.54) is 6.07 Å². The highest BCUT2D eigenvalue weighted by Gasteiger charge is 2.34. The Hall–Kier alpha value is -0.360. The van der Waals surface area contributed by atoms with Gasteiger partial charge in [0.15, 0.2) is 0 Å². The lowest BCUT2D eigenvalue weighted by Gasteiger charge is -2.25.